The molecule has 0 aliphatic carbocycles. The van der Waals surface area contributed by atoms with Gasteiger partial charge in [0.05, 0.1) is 0 Å². The van der Waals surface area contributed by atoms with Gasteiger partial charge in [0.2, 0.25) is 0 Å². The quantitative estimate of drug-likeness (QED) is 0.531. The first-order valence-corrected chi connectivity index (χ1v) is 6.95. The molecule has 0 aromatic heterocycles. The van der Waals surface area contributed by atoms with Gasteiger partial charge in [-0.05, 0) is 37.8 Å². The van der Waals surface area contributed by atoms with E-state index in [0.29, 0.717) is 5.41 Å². The van der Waals surface area contributed by atoms with Crippen molar-refractivity contribution in [2.24, 2.45) is 5.41 Å². The first-order valence-electron chi connectivity index (χ1n) is 6.95. The van der Waals surface area contributed by atoms with Crippen LogP contribution >= 0.6 is 0 Å². The fraction of sp³-hybridized carbons (Fsp3) is 1.00. The van der Waals surface area contributed by atoms with Crippen molar-refractivity contribution in [3.05, 3.63) is 0 Å². The second-order valence-corrected chi connectivity index (χ2v) is 4.77. The maximum absolute atomic E-state index is 3.53. The summed E-state index contributed by atoms with van der Waals surface area (Å²) in [6, 6.07) is 0. The van der Waals surface area contributed by atoms with Crippen molar-refractivity contribution in [2.75, 3.05) is 13.1 Å². The predicted octanol–water partition coefficient (Wildman–Crippen LogP) is 4.37. The van der Waals surface area contributed by atoms with E-state index in [0.717, 1.165) is 0 Å². The Hall–Kier alpha value is -0.0400. The van der Waals surface area contributed by atoms with Gasteiger partial charge in [0.25, 0.3) is 0 Å². The topological polar surface area (TPSA) is 12.0 Å². The molecule has 1 N–H and O–H groups in total. The highest BCUT2D eigenvalue weighted by Gasteiger charge is 2.22. The second kappa shape index (κ2) is 9.21. The maximum Gasteiger partial charge on any atom is -0.00487 e. The molecule has 0 saturated carbocycles. The summed E-state index contributed by atoms with van der Waals surface area (Å²) in [6.07, 6.45) is 9.39. The number of rotatable bonds is 10. The summed E-state index contributed by atoms with van der Waals surface area (Å²) in [4.78, 5) is 0. The molecule has 0 aliphatic heterocycles. The molecule has 0 saturated heterocycles. The zero-order valence-electron chi connectivity index (χ0n) is 11.4. The number of hydrogen-bond donors (Lipinski definition) is 1. The highest BCUT2D eigenvalue weighted by molar-refractivity contribution is 4.75. The Balaban J connectivity index is 3.54. The average molecular weight is 213 g/mol. The van der Waals surface area contributed by atoms with Gasteiger partial charge in [-0.1, -0.05) is 53.4 Å². The lowest BCUT2D eigenvalue weighted by Gasteiger charge is -2.30. The van der Waals surface area contributed by atoms with Crippen LogP contribution in [0.2, 0.25) is 0 Å². The van der Waals surface area contributed by atoms with Crippen molar-refractivity contribution in [1.82, 2.24) is 5.32 Å². The Labute approximate surface area is 97.0 Å². The lowest BCUT2D eigenvalue weighted by molar-refractivity contribution is 0.222. The summed E-state index contributed by atoms with van der Waals surface area (Å²) < 4.78 is 0. The Morgan fingerprint density at radius 1 is 0.800 bits per heavy atom. The summed E-state index contributed by atoms with van der Waals surface area (Å²) in [6.45, 7) is 11.7. The highest BCUT2D eigenvalue weighted by Crippen LogP contribution is 2.35. The van der Waals surface area contributed by atoms with E-state index in [9.17, 15) is 0 Å². The monoisotopic (exact) mass is 213 g/mol. The minimum Gasteiger partial charge on any atom is -0.317 e. The summed E-state index contributed by atoms with van der Waals surface area (Å²) in [7, 11) is 0. The molecule has 0 radical (unpaired) electrons. The first kappa shape index (κ1) is 15.0. The van der Waals surface area contributed by atoms with Gasteiger partial charge in [-0.25, -0.2) is 0 Å². The van der Waals surface area contributed by atoms with Gasteiger partial charge >= 0.3 is 0 Å². The molecule has 0 atom stereocenters. The zero-order chi connectivity index (χ0) is 11.6. The maximum atomic E-state index is 3.53. The van der Waals surface area contributed by atoms with Crippen LogP contribution in [0.3, 0.4) is 0 Å². The van der Waals surface area contributed by atoms with Crippen LogP contribution in [-0.2, 0) is 0 Å². The molecule has 92 valence electrons. The minimum absolute atomic E-state index is 0.631. The standard InChI is InChI=1S/C14H31N/c1-5-9-12-15-13-10-11-14(6-2,7-3)8-4/h15H,5-13H2,1-4H3. The van der Waals surface area contributed by atoms with Gasteiger partial charge in [0.15, 0.2) is 0 Å². The van der Waals surface area contributed by atoms with Crippen molar-refractivity contribution < 1.29 is 0 Å². The normalized spacial score (nSPS) is 12.0. The zero-order valence-corrected chi connectivity index (χ0v) is 11.4. The van der Waals surface area contributed by atoms with E-state index in [2.05, 4.69) is 33.0 Å². The Morgan fingerprint density at radius 3 is 1.80 bits per heavy atom. The lowest BCUT2D eigenvalue weighted by atomic mass is 9.76. The molecule has 0 bridgehead atoms. The fourth-order valence-corrected chi connectivity index (χ4v) is 2.30. The largest absolute Gasteiger partial charge is 0.317 e. The molecular weight excluding hydrogens is 182 g/mol. The molecule has 0 fully saturated rings. The third-order valence-corrected chi connectivity index (χ3v) is 4.02. The van der Waals surface area contributed by atoms with Gasteiger partial charge in [-0.2, -0.15) is 0 Å². The first-order chi connectivity index (χ1) is 7.24. The van der Waals surface area contributed by atoms with Gasteiger partial charge in [-0.3, -0.25) is 0 Å². The van der Waals surface area contributed by atoms with Gasteiger partial charge < -0.3 is 5.32 Å². The van der Waals surface area contributed by atoms with E-state index in [1.54, 1.807) is 0 Å². The fourth-order valence-electron chi connectivity index (χ4n) is 2.30. The minimum atomic E-state index is 0.631. The third kappa shape index (κ3) is 6.19. The molecule has 0 unspecified atom stereocenters. The van der Waals surface area contributed by atoms with Crippen molar-refractivity contribution in [2.45, 2.75) is 72.6 Å². The Kier molecular flexibility index (Phi) is 9.18. The van der Waals surface area contributed by atoms with Crippen LogP contribution in [0.5, 0.6) is 0 Å². The Morgan fingerprint density at radius 2 is 1.33 bits per heavy atom. The van der Waals surface area contributed by atoms with Crippen LogP contribution in [0.15, 0.2) is 0 Å². The van der Waals surface area contributed by atoms with Gasteiger partial charge in [0.1, 0.15) is 0 Å². The molecule has 0 aromatic rings. The molecule has 0 aromatic carbocycles. The smallest absolute Gasteiger partial charge is 0.00487 e. The van der Waals surface area contributed by atoms with Crippen LogP contribution in [0, 0.1) is 5.41 Å². The van der Waals surface area contributed by atoms with Crippen LogP contribution in [0.4, 0.5) is 0 Å². The lowest BCUT2D eigenvalue weighted by Crippen LogP contribution is -2.22. The molecule has 0 amide bonds. The number of unbranched alkanes of at least 4 members (excludes halogenated alkanes) is 1. The molecule has 1 heteroatoms. The Bertz CT molecular complexity index is 119. The SMILES string of the molecule is CCCCNCCCC(CC)(CC)CC. The van der Waals surface area contributed by atoms with Crippen LogP contribution in [-0.4, -0.2) is 13.1 Å². The van der Waals surface area contributed by atoms with E-state index < -0.39 is 0 Å². The molecule has 0 aliphatic rings. The van der Waals surface area contributed by atoms with Crippen molar-refractivity contribution >= 4 is 0 Å². The summed E-state index contributed by atoms with van der Waals surface area (Å²) >= 11 is 0. The van der Waals surface area contributed by atoms with Crippen molar-refractivity contribution in [3.8, 4) is 0 Å². The third-order valence-electron chi connectivity index (χ3n) is 4.02. The summed E-state index contributed by atoms with van der Waals surface area (Å²) in [5, 5.41) is 3.53. The summed E-state index contributed by atoms with van der Waals surface area (Å²) in [5.41, 5.74) is 0.631. The van der Waals surface area contributed by atoms with E-state index >= 15 is 0 Å². The number of nitrogens with one attached hydrogen (secondary N) is 1. The van der Waals surface area contributed by atoms with Crippen molar-refractivity contribution in [3.63, 3.8) is 0 Å². The van der Waals surface area contributed by atoms with E-state index in [1.165, 1.54) is 58.0 Å². The van der Waals surface area contributed by atoms with Gasteiger partial charge in [0, 0.05) is 0 Å². The summed E-state index contributed by atoms with van der Waals surface area (Å²) in [5.74, 6) is 0. The number of hydrogen-bond acceptors (Lipinski definition) is 1. The van der Waals surface area contributed by atoms with E-state index in [4.69, 9.17) is 0 Å². The molecule has 1 nitrogen and oxygen atoms in total. The molecule has 15 heavy (non-hydrogen) atoms. The molecular formula is C14H31N. The van der Waals surface area contributed by atoms with Crippen LogP contribution in [0.1, 0.15) is 72.6 Å². The van der Waals surface area contributed by atoms with Crippen molar-refractivity contribution in [1.29, 1.82) is 0 Å². The predicted molar refractivity (Wildman–Crippen MR) is 70.3 cm³/mol. The van der Waals surface area contributed by atoms with Crippen LogP contribution in [0.25, 0.3) is 0 Å². The van der Waals surface area contributed by atoms with E-state index in [-0.39, 0.29) is 0 Å². The second-order valence-electron chi connectivity index (χ2n) is 4.77. The average Bonchev–Trinajstić information content (AvgIpc) is 2.29. The molecule has 0 spiro atoms. The van der Waals surface area contributed by atoms with Gasteiger partial charge in [-0.15, -0.1) is 0 Å². The molecule has 0 heterocycles. The van der Waals surface area contributed by atoms with E-state index in [1.807, 2.05) is 0 Å². The highest BCUT2D eigenvalue weighted by atomic mass is 14.8. The van der Waals surface area contributed by atoms with Crippen LogP contribution < -0.4 is 5.32 Å². The molecule has 0 rings (SSSR count).